The number of hydrogen-bond donors (Lipinski definition) is 2. The molecule has 2 N–H and O–H groups in total. The zero-order valence-electron chi connectivity index (χ0n) is 12.3. The van der Waals surface area contributed by atoms with E-state index >= 15 is 0 Å². The third-order valence-corrected chi connectivity index (χ3v) is 4.06. The summed E-state index contributed by atoms with van der Waals surface area (Å²) in [5.74, 6) is -0.824. The van der Waals surface area contributed by atoms with Crippen LogP contribution < -0.4 is 0 Å². The van der Waals surface area contributed by atoms with Gasteiger partial charge in [-0.15, -0.1) is 0 Å². The monoisotopic (exact) mass is 300 g/mol. The summed E-state index contributed by atoms with van der Waals surface area (Å²) in [7, 11) is 0. The molecule has 2 rings (SSSR count). The lowest BCUT2D eigenvalue weighted by molar-refractivity contribution is -0.138. The molecule has 2 saturated heterocycles. The van der Waals surface area contributed by atoms with E-state index < -0.39 is 5.97 Å². The van der Waals surface area contributed by atoms with Gasteiger partial charge in [0, 0.05) is 58.9 Å². The number of piperazine rings is 2. The fraction of sp³-hybridized carbons (Fsp3) is 0.846. The van der Waals surface area contributed by atoms with Crippen LogP contribution in [0.15, 0.2) is 0 Å². The van der Waals surface area contributed by atoms with Crippen molar-refractivity contribution in [2.45, 2.75) is 0 Å². The Bertz CT molecular complexity index is 363. The molecule has 8 heteroatoms. The Morgan fingerprint density at radius 3 is 1.71 bits per heavy atom. The minimum absolute atomic E-state index is 0.0435. The largest absolute Gasteiger partial charge is 0.480 e. The van der Waals surface area contributed by atoms with Crippen molar-refractivity contribution in [2.24, 2.45) is 0 Å². The minimum Gasteiger partial charge on any atom is -0.480 e. The van der Waals surface area contributed by atoms with E-state index in [1.165, 1.54) is 0 Å². The molecule has 0 aromatic carbocycles. The van der Waals surface area contributed by atoms with Crippen LogP contribution in [0.2, 0.25) is 0 Å². The molecule has 2 heterocycles. The number of hydrogen-bond acceptors (Lipinski definition) is 5. The quantitative estimate of drug-likeness (QED) is 0.651. The number of nitrogens with zero attached hydrogens (tertiary/aromatic N) is 4. The Labute approximate surface area is 124 Å². The van der Waals surface area contributed by atoms with Gasteiger partial charge in [0.15, 0.2) is 0 Å². The van der Waals surface area contributed by atoms with Gasteiger partial charge in [0.25, 0.3) is 0 Å². The summed E-state index contributed by atoms with van der Waals surface area (Å²) < 4.78 is 0. The number of aliphatic carboxylic acids is 1. The first-order valence-electron chi connectivity index (χ1n) is 7.41. The van der Waals surface area contributed by atoms with Crippen molar-refractivity contribution in [1.82, 2.24) is 19.6 Å². The molecule has 0 aromatic heterocycles. The number of carbonyl (C=O) groups is 2. The molecule has 2 aliphatic heterocycles. The first kappa shape index (κ1) is 16.0. The van der Waals surface area contributed by atoms with Gasteiger partial charge < -0.3 is 20.0 Å². The molecule has 0 radical (unpaired) electrons. The van der Waals surface area contributed by atoms with Gasteiger partial charge in [-0.3, -0.25) is 14.6 Å². The highest BCUT2D eigenvalue weighted by Crippen LogP contribution is 2.09. The molecular weight excluding hydrogens is 276 g/mol. The van der Waals surface area contributed by atoms with Crippen molar-refractivity contribution < 1.29 is 19.8 Å². The molecular formula is C13H24N4O4. The highest BCUT2D eigenvalue weighted by atomic mass is 16.4. The van der Waals surface area contributed by atoms with Crippen molar-refractivity contribution in [3.8, 4) is 0 Å². The maximum absolute atomic E-state index is 12.4. The number of aliphatic hydroxyl groups excluding tert-OH is 1. The molecule has 0 spiro atoms. The fourth-order valence-corrected chi connectivity index (χ4v) is 2.79. The average molecular weight is 300 g/mol. The summed E-state index contributed by atoms with van der Waals surface area (Å²) in [5, 5.41) is 17.7. The van der Waals surface area contributed by atoms with E-state index in [0.29, 0.717) is 45.8 Å². The Morgan fingerprint density at radius 2 is 1.29 bits per heavy atom. The number of β-amino-alcohol motifs (C(OH)–C–C–N with tert-alkyl or cyclic N) is 1. The number of rotatable bonds is 4. The first-order valence-corrected chi connectivity index (χ1v) is 7.41. The van der Waals surface area contributed by atoms with Crippen molar-refractivity contribution in [3.05, 3.63) is 0 Å². The Kier molecular flexibility index (Phi) is 5.77. The van der Waals surface area contributed by atoms with E-state index in [-0.39, 0.29) is 19.2 Å². The van der Waals surface area contributed by atoms with Crippen molar-refractivity contribution in [1.29, 1.82) is 0 Å². The molecule has 2 aliphatic rings. The lowest BCUT2D eigenvalue weighted by Crippen LogP contribution is -2.57. The number of aliphatic hydroxyl groups is 1. The molecule has 21 heavy (non-hydrogen) atoms. The predicted molar refractivity (Wildman–Crippen MR) is 76.1 cm³/mol. The van der Waals surface area contributed by atoms with Gasteiger partial charge in [0.1, 0.15) is 0 Å². The third-order valence-electron chi connectivity index (χ3n) is 4.06. The van der Waals surface area contributed by atoms with Crippen LogP contribution in [0.5, 0.6) is 0 Å². The summed E-state index contributed by atoms with van der Waals surface area (Å²) >= 11 is 0. The molecule has 8 nitrogen and oxygen atoms in total. The number of urea groups is 1. The second-order valence-corrected chi connectivity index (χ2v) is 5.49. The number of carboxylic acids is 1. The number of carboxylic acid groups (broad SMARTS) is 1. The highest BCUT2D eigenvalue weighted by Gasteiger charge is 2.28. The smallest absolute Gasteiger partial charge is 0.320 e. The molecule has 2 fully saturated rings. The van der Waals surface area contributed by atoms with E-state index in [1.54, 1.807) is 4.90 Å². The zero-order chi connectivity index (χ0) is 15.2. The van der Waals surface area contributed by atoms with Gasteiger partial charge >= 0.3 is 12.0 Å². The molecule has 0 bridgehead atoms. The van der Waals surface area contributed by atoms with Crippen LogP contribution in [-0.4, -0.2) is 114 Å². The standard InChI is InChI=1S/C13H24N4O4/c18-10-9-14-1-5-16(6-2-14)13(21)17-7-3-15(4-8-17)11-12(19)20/h18H,1-11H2,(H,19,20). The van der Waals surface area contributed by atoms with Crippen LogP contribution in [-0.2, 0) is 4.79 Å². The maximum atomic E-state index is 12.4. The van der Waals surface area contributed by atoms with Gasteiger partial charge in [0.2, 0.25) is 0 Å². The second-order valence-electron chi connectivity index (χ2n) is 5.49. The van der Waals surface area contributed by atoms with Crippen LogP contribution in [0.1, 0.15) is 0 Å². The van der Waals surface area contributed by atoms with Crippen LogP contribution >= 0.6 is 0 Å². The van der Waals surface area contributed by atoms with Gasteiger partial charge in [-0.25, -0.2) is 4.79 Å². The summed E-state index contributed by atoms with van der Waals surface area (Å²) in [4.78, 5) is 30.7. The summed E-state index contributed by atoms with van der Waals surface area (Å²) in [5.41, 5.74) is 0. The summed E-state index contributed by atoms with van der Waals surface area (Å²) in [6.45, 7) is 6.23. The lowest BCUT2D eigenvalue weighted by Gasteiger charge is -2.40. The molecule has 2 amide bonds. The number of amides is 2. The van der Waals surface area contributed by atoms with Crippen LogP contribution in [0.25, 0.3) is 0 Å². The second kappa shape index (κ2) is 7.58. The van der Waals surface area contributed by atoms with Crippen LogP contribution in [0, 0.1) is 0 Å². The SMILES string of the molecule is O=C(O)CN1CCN(C(=O)N2CCN(CCO)CC2)CC1. The number of carbonyl (C=O) groups excluding carboxylic acids is 1. The van der Waals surface area contributed by atoms with Crippen molar-refractivity contribution >= 4 is 12.0 Å². The highest BCUT2D eigenvalue weighted by molar-refractivity contribution is 5.75. The summed E-state index contributed by atoms with van der Waals surface area (Å²) in [6.07, 6.45) is 0. The fourth-order valence-electron chi connectivity index (χ4n) is 2.79. The van der Waals surface area contributed by atoms with Gasteiger partial charge in [0.05, 0.1) is 13.2 Å². The minimum atomic E-state index is -0.824. The summed E-state index contributed by atoms with van der Waals surface area (Å²) in [6, 6.07) is 0.0497. The predicted octanol–water partition coefficient (Wildman–Crippen LogP) is -1.58. The van der Waals surface area contributed by atoms with Gasteiger partial charge in [-0.05, 0) is 0 Å². The molecule has 0 aliphatic carbocycles. The molecule has 0 saturated carbocycles. The van der Waals surface area contributed by atoms with Gasteiger partial charge in [-0.2, -0.15) is 0 Å². The first-order chi connectivity index (χ1) is 10.1. The maximum Gasteiger partial charge on any atom is 0.320 e. The van der Waals surface area contributed by atoms with E-state index in [4.69, 9.17) is 10.2 Å². The van der Waals surface area contributed by atoms with Crippen molar-refractivity contribution in [3.63, 3.8) is 0 Å². The zero-order valence-corrected chi connectivity index (χ0v) is 12.3. The van der Waals surface area contributed by atoms with Crippen molar-refractivity contribution in [2.75, 3.05) is 72.1 Å². The third kappa shape index (κ3) is 4.55. The van der Waals surface area contributed by atoms with Crippen LogP contribution in [0.4, 0.5) is 4.79 Å². The molecule has 0 atom stereocenters. The Morgan fingerprint density at radius 1 is 0.810 bits per heavy atom. The molecule has 0 unspecified atom stereocenters. The lowest BCUT2D eigenvalue weighted by atomic mass is 10.3. The van der Waals surface area contributed by atoms with E-state index in [1.807, 2.05) is 9.80 Å². The Balaban J connectivity index is 1.74. The average Bonchev–Trinajstić information content (AvgIpc) is 2.48. The van der Waals surface area contributed by atoms with Gasteiger partial charge in [-0.1, -0.05) is 0 Å². The van der Waals surface area contributed by atoms with E-state index in [0.717, 1.165) is 13.1 Å². The van der Waals surface area contributed by atoms with E-state index in [9.17, 15) is 9.59 Å². The van der Waals surface area contributed by atoms with Crippen LogP contribution in [0.3, 0.4) is 0 Å². The Hall–Kier alpha value is -1.38. The topological polar surface area (TPSA) is 87.6 Å². The molecule has 120 valence electrons. The van der Waals surface area contributed by atoms with E-state index in [2.05, 4.69) is 4.90 Å². The normalized spacial score (nSPS) is 21.6. The molecule has 0 aromatic rings.